The summed E-state index contributed by atoms with van der Waals surface area (Å²) in [7, 11) is -1.82. The number of anilines is 1. The molecule has 7 heteroatoms. The molecule has 6 nitrogen and oxygen atoms in total. The summed E-state index contributed by atoms with van der Waals surface area (Å²) in [6.45, 7) is 3.50. The number of benzene rings is 1. The minimum absolute atomic E-state index is 0.0521. The molecule has 1 aliphatic carbocycles. The number of carbonyl (C=O) groups excluding carboxylic acids is 1. The monoisotopic (exact) mass is 407 g/mol. The lowest BCUT2D eigenvalue weighted by atomic mass is 9.96. The van der Waals surface area contributed by atoms with E-state index in [1.54, 1.807) is 31.3 Å². The first-order valence-electron chi connectivity index (χ1n) is 10.5. The lowest BCUT2D eigenvalue weighted by Gasteiger charge is -2.32. The second-order valence-corrected chi connectivity index (χ2v) is 10.2. The van der Waals surface area contributed by atoms with Crippen LogP contribution < -0.4 is 5.32 Å². The molecule has 0 spiro atoms. The molecule has 0 unspecified atom stereocenters. The molecular formula is C21H33N3O3S. The van der Waals surface area contributed by atoms with Gasteiger partial charge in [-0.05, 0) is 63.4 Å². The largest absolute Gasteiger partial charge is 0.325 e. The van der Waals surface area contributed by atoms with Gasteiger partial charge in [-0.1, -0.05) is 25.7 Å². The third-order valence-electron chi connectivity index (χ3n) is 6.19. The van der Waals surface area contributed by atoms with E-state index >= 15 is 0 Å². The highest BCUT2D eigenvalue weighted by molar-refractivity contribution is 7.89. The van der Waals surface area contributed by atoms with Gasteiger partial charge in [0.2, 0.25) is 15.9 Å². The molecule has 28 heavy (non-hydrogen) atoms. The molecule has 1 aliphatic heterocycles. The highest BCUT2D eigenvalue weighted by atomic mass is 32.2. The number of nitrogens with zero attached hydrogens (tertiary/aromatic N) is 2. The maximum atomic E-state index is 12.9. The quantitative estimate of drug-likeness (QED) is 0.784. The Balaban J connectivity index is 1.60. The van der Waals surface area contributed by atoms with Gasteiger partial charge in [0.05, 0.1) is 11.4 Å². The Morgan fingerprint density at radius 3 is 2.36 bits per heavy atom. The fourth-order valence-electron chi connectivity index (χ4n) is 4.29. The van der Waals surface area contributed by atoms with Gasteiger partial charge in [0.1, 0.15) is 0 Å². The normalized spacial score (nSPS) is 22.3. The highest BCUT2D eigenvalue weighted by Gasteiger charge is 2.29. The van der Waals surface area contributed by atoms with E-state index in [0.717, 1.165) is 45.1 Å². The van der Waals surface area contributed by atoms with Crippen LogP contribution in [-0.2, 0) is 14.8 Å². The second kappa shape index (κ2) is 9.37. The lowest BCUT2D eigenvalue weighted by molar-refractivity contribution is -0.118. The minimum Gasteiger partial charge on any atom is -0.325 e. The summed E-state index contributed by atoms with van der Waals surface area (Å²) in [5.41, 5.74) is 0.633. The average Bonchev–Trinajstić information content (AvgIpc) is 2.70. The molecule has 1 N–H and O–H groups in total. The first kappa shape index (κ1) is 21.3. The Hall–Kier alpha value is -1.44. The third kappa shape index (κ3) is 5.13. The number of likely N-dealkylation sites (tertiary alicyclic amines) is 1. The van der Waals surface area contributed by atoms with E-state index in [1.807, 2.05) is 0 Å². The van der Waals surface area contributed by atoms with E-state index in [0.29, 0.717) is 18.3 Å². The minimum atomic E-state index is -3.50. The lowest BCUT2D eigenvalue weighted by Crippen LogP contribution is -2.42. The smallest absolute Gasteiger partial charge is 0.243 e. The molecule has 0 radical (unpaired) electrons. The molecule has 1 amide bonds. The van der Waals surface area contributed by atoms with Crippen molar-refractivity contribution in [3.63, 3.8) is 0 Å². The van der Waals surface area contributed by atoms with Gasteiger partial charge in [-0.25, -0.2) is 8.42 Å². The Bertz CT molecular complexity index is 758. The summed E-state index contributed by atoms with van der Waals surface area (Å²) < 4.78 is 27.3. The zero-order valence-electron chi connectivity index (χ0n) is 17.1. The van der Waals surface area contributed by atoms with Crippen LogP contribution in [0.2, 0.25) is 0 Å². The van der Waals surface area contributed by atoms with Crippen LogP contribution in [0.3, 0.4) is 0 Å². The molecule has 156 valence electrons. The van der Waals surface area contributed by atoms with Crippen molar-refractivity contribution in [3.8, 4) is 0 Å². The van der Waals surface area contributed by atoms with Crippen LogP contribution in [0.15, 0.2) is 29.2 Å². The number of sulfonamides is 1. The molecule has 1 saturated heterocycles. The highest BCUT2D eigenvalue weighted by Crippen LogP contribution is 2.27. The molecule has 1 aromatic carbocycles. The van der Waals surface area contributed by atoms with Gasteiger partial charge in [-0.3, -0.25) is 9.69 Å². The summed E-state index contributed by atoms with van der Waals surface area (Å²) in [4.78, 5) is 14.8. The summed E-state index contributed by atoms with van der Waals surface area (Å²) in [5.74, 6) is -0.0521. The Morgan fingerprint density at radius 2 is 1.71 bits per heavy atom. The van der Waals surface area contributed by atoms with Crippen molar-refractivity contribution in [3.05, 3.63) is 24.3 Å². The Labute approximate surface area is 169 Å². The van der Waals surface area contributed by atoms with Gasteiger partial charge in [0.15, 0.2) is 0 Å². The molecule has 2 fully saturated rings. The van der Waals surface area contributed by atoms with E-state index in [1.165, 1.54) is 17.1 Å². The molecule has 0 bridgehead atoms. The van der Waals surface area contributed by atoms with Crippen LogP contribution in [0.5, 0.6) is 0 Å². The van der Waals surface area contributed by atoms with Crippen molar-refractivity contribution in [2.45, 2.75) is 75.3 Å². The van der Waals surface area contributed by atoms with E-state index < -0.39 is 10.0 Å². The number of carbonyl (C=O) groups is 1. The molecule has 3 rings (SSSR count). The predicted octanol–water partition coefficient (Wildman–Crippen LogP) is 3.45. The molecule has 0 aromatic heterocycles. The molecular weight excluding hydrogens is 374 g/mol. The first-order chi connectivity index (χ1) is 13.4. The van der Waals surface area contributed by atoms with Crippen molar-refractivity contribution >= 4 is 21.6 Å². The van der Waals surface area contributed by atoms with Gasteiger partial charge in [0.25, 0.3) is 0 Å². The summed E-state index contributed by atoms with van der Waals surface area (Å²) >= 11 is 0. The second-order valence-electron chi connectivity index (χ2n) is 8.20. The number of hydrogen-bond donors (Lipinski definition) is 1. The van der Waals surface area contributed by atoms with Gasteiger partial charge in [-0.15, -0.1) is 0 Å². The Morgan fingerprint density at radius 1 is 1.07 bits per heavy atom. The summed E-state index contributed by atoms with van der Waals surface area (Å²) in [6, 6.07) is 7.06. The van der Waals surface area contributed by atoms with Gasteiger partial charge >= 0.3 is 0 Å². The maximum absolute atomic E-state index is 12.9. The molecule has 1 saturated carbocycles. The summed E-state index contributed by atoms with van der Waals surface area (Å²) in [6.07, 6.45) is 8.72. The summed E-state index contributed by atoms with van der Waals surface area (Å²) in [5, 5.41) is 2.89. The fourth-order valence-corrected chi connectivity index (χ4v) is 5.71. The number of amides is 1. The van der Waals surface area contributed by atoms with Gasteiger partial charge < -0.3 is 5.32 Å². The van der Waals surface area contributed by atoms with E-state index in [9.17, 15) is 13.2 Å². The van der Waals surface area contributed by atoms with Crippen molar-refractivity contribution in [2.24, 2.45) is 0 Å². The Kier molecular flexibility index (Phi) is 7.12. The maximum Gasteiger partial charge on any atom is 0.243 e. The standard InChI is InChI=1S/C21H33N3O3S/c1-17-8-6-7-15-24(17)16-21(25)22-18-11-13-20(14-12-18)28(26,27)23(2)19-9-4-3-5-10-19/h11-14,17,19H,3-10,15-16H2,1-2H3,(H,22,25)/t17-/m1/s1. The topological polar surface area (TPSA) is 69.7 Å². The van der Waals surface area contributed by atoms with Crippen LogP contribution in [0.4, 0.5) is 5.69 Å². The average molecular weight is 408 g/mol. The molecule has 1 atom stereocenters. The van der Waals surface area contributed by atoms with Crippen LogP contribution in [0, 0.1) is 0 Å². The van der Waals surface area contributed by atoms with Crippen molar-refractivity contribution in [1.82, 2.24) is 9.21 Å². The third-order valence-corrected chi connectivity index (χ3v) is 8.12. The van der Waals surface area contributed by atoms with E-state index in [-0.39, 0.29) is 16.8 Å². The van der Waals surface area contributed by atoms with Crippen LogP contribution in [-0.4, -0.2) is 55.8 Å². The van der Waals surface area contributed by atoms with Gasteiger partial charge in [-0.2, -0.15) is 4.31 Å². The fraction of sp³-hybridized carbons (Fsp3) is 0.667. The first-order valence-corrected chi connectivity index (χ1v) is 11.9. The van der Waals surface area contributed by atoms with Crippen LogP contribution in [0.25, 0.3) is 0 Å². The SMILES string of the molecule is C[C@@H]1CCCCN1CC(=O)Nc1ccc(S(=O)(=O)N(C)C2CCCCC2)cc1. The van der Waals surface area contributed by atoms with Crippen LogP contribution in [0.1, 0.15) is 58.3 Å². The van der Waals surface area contributed by atoms with Crippen molar-refractivity contribution in [1.29, 1.82) is 0 Å². The molecule has 1 heterocycles. The van der Waals surface area contributed by atoms with Crippen molar-refractivity contribution in [2.75, 3.05) is 25.5 Å². The van der Waals surface area contributed by atoms with Crippen LogP contribution >= 0.6 is 0 Å². The number of piperidine rings is 1. The predicted molar refractivity (Wildman–Crippen MR) is 112 cm³/mol. The number of nitrogens with one attached hydrogen (secondary N) is 1. The molecule has 2 aliphatic rings. The van der Waals surface area contributed by atoms with E-state index in [2.05, 4.69) is 17.1 Å². The van der Waals surface area contributed by atoms with E-state index in [4.69, 9.17) is 0 Å². The van der Waals surface area contributed by atoms with Crippen molar-refractivity contribution < 1.29 is 13.2 Å². The van der Waals surface area contributed by atoms with Gasteiger partial charge in [0, 0.05) is 24.8 Å². The number of rotatable bonds is 6. The number of hydrogen-bond acceptors (Lipinski definition) is 4. The zero-order chi connectivity index (χ0) is 20.1. The molecule has 1 aromatic rings. The zero-order valence-corrected chi connectivity index (χ0v) is 17.9.